The minimum Gasteiger partial charge on any atom is -0.496 e. The van der Waals surface area contributed by atoms with Crippen molar-refractivity contribution >= 4 is 23.4 Å². The van der Waals surface area contributed by atoms with Gasteiger partial charge >= 0.3 is 0 Å². The number of hydrogen-bond acceptors (Lipinski definition) is 4. The van der Waals surface area contributed by atoms with Gasteiger partial charge in [0.1, 0.15) is 5.75 Å². The summed E-state index contributed by atoms with van der Waals surface area (Å²) < 4.78 is 5.37. The van der Waals surface area contributed by atoms with Crippen LogP contribution in [0.1, 0.15) is 11.6 Å². The van der Waals surface area contributed by atoms with Crippen LogP contribution in [0, 0.1) is 0 Å². The molecule has 0 fully saturated rings. The van der Waals surface area contributed by atoms with Crippen molar-refractivity contribution in [2.45, 2.75) is 10.9 Å². The molecule has 0 spiro atoms. The molecule has 0 amide bonds. The number of nitrogens with two attached hydrogens (primary N) is 1. The second-order valence-corrected chi connectivity index (χ2v) is 5.67. The van der Waals surface area contributed by atoms with Gasteiger partial charge in [0.25, 0.3) is 0 Å². The molecule has 0 aliphatic carbocycles. The van der Waals surface area contributed by atoms with E-state index in [1.165, 1.54) is 0 Å². The van der Waals surface area contributed by atoms with Gasteiger partial charge in [0, 0.05) is 16.2 Å². The van der Waals surface area contributed by atoms with Gasteiger partial charge in [-0.15, -0.1) is 11.8 Å². The predicted octanol–water partition coefficient (Wildman–Crippen LogP) is 3.65. The van der Waals surface area contributed by atoms with Crippen LogP contribution in [0.5, 0.6) is 5.75 Å². The molecule has 0 saturated carbocycles. The van der Waals surface area contributed by atoms with E-state index in [-0.39, 0.29) is 6.04 Å². The molecule has 0 radical (unpaired) electrons. The first-order chi connectivity index (χ1) is 9.76. The molecule has 2 rings (SSSR count). The number of para-hydroxylation sites is 1. The first-order valence-electron chi connectivity index (χ1n) is 6.22. The Labute approximate surface area is 128 Å². The van der Waals surface area contributed by atoms with Crippen molar-refractivity contribution in [3.8, 4) is 5.75 Å². The molecular formula is C15H17ClN2OS. The second-order valence-electron chi connectivity index (χ2n) is 4.20. The lowest BCUT2D eigenvalue weighted by Crippen LogP contribution is -2.30. The third-order valence-electron chi connectivity index (χ3n) is 2.96. The highest BCUT2D eigenvalue weighted by Gasteiger charge is 2.15. The van der Waals surface area contributed by atoms with Crippen LogP contribution in [0.15, 0.2) is 53.4 Å². The maximum Gasteiger partial charge on any atom is 0.123 e. The number of benzene rings is 2. The van der Waals surface area contributed by atoms with Gasteiger partial charge in [0.2, 0.25) is 0 Å². The van der Waals surface area contributed by atoms with Crippen molar-refractivity contribution in [3.63, 3.8) is 0 Å². The number of thioether (sulfide) groups is 1. The lowest BCUT2D eigenvalue weighted by molar-refractivity contribution is 0.403. The minimum absolute atomic E-state index is 0.00702. The zero-order chi connectivity index (χ0) is 14.4. The van der Waals surface area contributed by atoms with Crippen LogP contribution in [0.25, 0.3) is 0 Å². The Balaban J connectivity index is 2.11. The van der Waals surface area contributed by atoms with Gasteiger partial charge in [0.15, 0.2) is 0 Å². The molecule has 5 heteroatoms. The monoisotopic (exact) mass is 308 g/mol. The Morgan fingerprint density at radius 2 is 1.90 bits per heavy atom. The highest BCUT2D eigenvalue weighted by atomic mass is 35.5. The maximum atomic E-state index is 6.16. The SMILES string of the molecule is COc1ccccc1C(CSc1ccccc1Cl)NN. The summed E-state index contributed by atoms with van der Waals surface area (Å²) in [4.78, 5) is 1.05. The third kappa shape index (κ3) is 3.67. The Bertz CT molecular complexity index is 565. The van der Waals surface area contributed by atoms with Gasteiger partial charge in [-0.1, -0.05) is 41.9 Å². The highest BCUT2D eigenvalue weighted by molar-refractivity contribution is 7.99. The fraction of sp³-hybridized carbons (Fsp3) is 0.200. The standard InChI is InChI=1S/C15H17ClN2OS/c1-19-14-8-4-2-6-11(14)13(18-17)10-20-15-9-5-3-7-12(15)16/h2-9,13,18H,10,17H2,1H3. The van der Waals surface area contributed by atoms with Crippen LogP contribution in [-0.2, 0) is 0 Å². The first-order valence-corrected chi connectivity index (χ1v) is 7.59. The van der Waals surface area contributed by atoms with Crippen molar-refractivity contribution in [3.05, 3.63) is 59.1 Å². The van der Waals surface area contributed by atoms with Gasteiger partial charge in [-0.3, -0.25) is 11.3 Å². The number of nitrogens with one attached hydrogen (secondary N) is 1. The van der Waals surface area contributed by atoms with E-state index in [9.17, 15) is 0 Å². The van der Waals surface area contributed by atoms with Crippen LogP contribution in [0.2, 0.25) is 5.02 Å². The van der Waals surface area contributed by atoms with E-state index in [1.807, 2.05) is 48.5 Å². The molecule has 0 heterocycles. The van der Waals surface area contributed by atoms with Crippen molar-refractivity contribution in [1.29, 1.82) is 0 Å². The zero-order valence-corrected chi connectivity index (χ0v) is 12.7. The van der Waals surface area contributed by atoms with Crippen LogP contribution >= 0.6 is 23.4 Å². The summed E-state index contributed by atoms with van der Waals surface area (Å²) in [7, 11) is 1.66. The normalized spacial score (nSPS) is 12.2. The van der Waals surface area contributed by atoms with Gasteiger partial charge in [-0.05, 0) is 18.2 Å². The molecule has 0 aromatic heterocycles. The van der Waals surface area contributed by atoms with Gasteiger partial charge < -0.3 is 4.74 Å². The smallest absolute Gasteiger partial charge is 0.123 e. The van der Waals surface area contributed by atoms with Gasteiger partial charge in [-0.2, -0.15) is 0 Å². The Kier molecular flexibility index (Phi) is 5.73. The zero-order valence-electron chi connectivity index (χ0n) is 11.2. The molecule has 2 aromatic carbocycles. The number of hydrogen-bond donors (Lipinski definition) is 2. The maximum absolute atomic E-state index is 6.16. The number of methoxy groups -OCH3 is 1. The number of hydrazine groups is 1. The second kappa shape index (κ2) is 7.55. The van der Waals surface area contributed by atoms with E-state index >= 15 is 0 Å². The molecule has 0 saturated heterocycles. The topological polar surface area (TPSA) is 47.3 Å². The van der Waals surface area contributed by atoms with Crippen molar-refractivity contribution in [2.75, 3.05) is 12.9 Å². The summed E-state index contributed by atoms with van der Waals surface area (Å²) in [5.41, 5.74) is 3.88. The molecule has 1 unspecified atom stereocenters. The van der Waals surface area contributed by atoms with Gasteiger partial charge in [-0.25, -0.2) is 0 Å². The summed E-state index contributed by atoms with van der Waals surface area (Å²) in [6.45, 7) is 0. The summed E-state index contributed by atoms with van der Waals surface area (Å²) in [6.07, 6.45) is 0. The van der Waals surface area contributed by atoms with Crippen LogP contribution in [0.3, 0.4) is 0 Å². The first kappa shape index (κ1) is 15.2. The van der Waals surface area contributed by atoms with Crippen LogP contribution in [-0.4, -0.2) is 12.9 Å². The van der Waals surface area contributed by atoms with E-state index in [1.54, 1.807) is 18.9 Å². The lowest BCUT2D eigenvalue weighted by Gasteiger charge is -2.18. The molecule has 3 N–H and O–H groups in total. The molecule has 20 heavy (non-hydrogen) atoms. The van der Waals surface area contributed by atoms with Crippen molar-refractivity contribution in [1.82, 2.24) is 5.43 Å². The predicted molar refractivity (Wildman–Crippen MR) is 85.2 cm³/mol. The Morgan fingerprint density at radius 1 is 1.20 bits per heavy atom. The third-order valence-corrected chi connectivity index (χ3v) is 4.57. The molecule has 3 nitrogen and oxygen atoms in total. The van der Waals surface area contributed by atoms with E-state index in [0.717, 1.165) is 27.0 Å². The van der Waals surface area contributed by atoms with Crippen molar-refractivity contribution < 1.29 is 4.74 Å². The van der Waals surface area contributed by atoms with E-state index < -0.39 is 0 Å². The number of rotatable bonds is 6. The summed E-state index contributed by atoms with van der Waals surface area (Å²) in [5, 5.41) is 0.758. The summed E-state index contributed by atoms with van der Waals surface area (Å²) in [6, 6.07) is 15.6. The quantitative estimate of drug-likeness (QED) is 0.486. The van der Waals surface area contributed by atoms with E-state index in [2.05, 4.69) is 5.43 Å². The molecule has 0 aliphatic heterocycles. The van der Waals surface area contributed by atoms with Crippen LogP contribution < -0.4 is 16.0 Å². The molecule has 0 aliphatic rings. The van der Waals surface area contributed by atoms with Crippen LogP contribution in [0.4, 0.5) is 0 Å². The highest BCUT2D eigenvalue weighted by Crippen LogP contribution is 2.32. The van der Waals surface area contributed by atoms with Gasteiger partial charge in [0.05, 0.1) is 18.2 Å². The van der Waals surface area contributed by atoms with E-state index in [4.69, 9.17) is 22.2 Å². The summed E-state index contributed by atoms with van der Waals surface area (Å²) in [5.74, 6) is 7.27. The fourth-order valence-corrected chi connectivity index (χ4v) is 3.22. The van der Waals surface area contributed by atoms with Crippen molar-refractivity contribution in [2.24, 2.45) is 5.84 Å². The minimum atomic E-state index is -0.00702. The molecule has 1 atom stereocenters. The Morgan fingerprint density at radius 3 is 2.60 bits per heavy atom. The fourth-order valence-electron chi connectivity index (χ4n) is 1.92. The molecular weight excluding hydrogens is 292 g/mol. The number of halogens is 1. The average molecular weight is 309 g/mol. The summed E-state index contributed by atoms with van der Waals surface area (Å²) >= 11 is 7.82. The molecule has 0 bridgehead atoms. The molecule has 106 valence electrons. The average Bonchev–Trinajstić information content (AvgIpc) is 2.50. The number of ether oxygens (including phenoxy) is 1. The largest absolute Gasteiger partial charge is 0.496 e. The lowest BCUT2D eigenvalue weighted by atomic mass is 10.1. The molecule has 2 aromatic rings. The van der Waals surface area contributed by atoms with E-state index in [0.29, 0.717) is 0 Å². The Hall–Kier alpha value is -1.20.